The summed E-state index contributed by atoms with van der Waals surface area (Å²) in [4.78, 5) is 14.1. The van der Waals surface area contributed by atoms with Crippen molar-refractivity contribution >= 4 is 27.3 Å². The molecule has 4 aliphatic heterocycles. The van der Waals surface area contributed by atoms with E-state index in [-0.39, 0.29) is 11.4 Å². The molecule has 11 nitrogen and oxygen atoms in total. The van der Waals surface area contributed by atoms with Gasteiger partial charge in [0.25, 0.3) is 0 Å². The minimum Gasteiger partial charge on any atom is -0.378 e. The molecule has 8 rings (SSSR count). The third-order valence-corrected chi connectivity index (χ3v) is 10.4. The van der Waals surface area contributed by atoms with E-state index >= 15 is 0 Å². The summed E-state index contributed by atoms with van der Waals surface area (Å²) in [6.45, 7) is 4.37. The Balaban J connectivity index is 1.25. The summed E-state index contributed by atoms with van der Waals surface area (Å²) in [5, 5.41) is 8.65. The van der Waals surface area contributed by atoms with Crippen LogP contribution in [0.2, 0.25) is 0 Å². The van der Waals surface area contributed by atoms with Crippen LogP contribution in [0.15, 0.2) is 36.7 Å². The second-order valence-electron chi connectivity index (χ2n) is 11.5. The van der Waals surface area contributed by atoms with E-state index in [4.69, 9.17) is 9.72 Å². The largest absolute Gasteiger partial charge is 0.378 e. The lowest BCUT2D eigenvalue weighted by atomic mass is 9.94. The molecule has 0 amide bonds. The van der Waals surface area contributed by atoms with Gasteiger partial charge in [-0.2, -0.15) is 0 Å². The highest BCUT2D eigenvalue weighted by Crippen LogP contribution is 2.34. The van der Waals surface area contributed by atoms with Crippen LogP contribution in [-0.2, 0) is 14.8 Å². The molecule has 0 radical (unpaired) electrons. The van der Waals surface area contributed by atoms with E-state index in [0.29, 0.717) is 17.3 Å². The van der Waals surface area contributed by atoms with Crippen LogP contribution < -0.4 is 14.5 Å². The van der Waals surface area contributed by atoms with Crippen molar-refractivity contribution in [2.24, 2.45) is 5.92 Å². The molecule has 5 aliphatic rings. The molecule has 3 aromatic rings. The SMILES string of the molecule is O=S(=O)(Nc1ccc2c(c1)N1CCC(CC1)OCCCC1CCCN(C1)c1nccc(n1)-c1cn-2nn1)C1CC1. The Kier molecular flexibility index (Phi) is 6.82. The summed E-state index contributed by atoms with van der Waals surface area (Å²) >= 11 is 0. The Bertz CT molecular complexity index is 1470. The number of hydrogen-bond donors (Lipinski definition) is 1. The minimum atomic E-state index is -3.37. The van der Waals surface area contributed by atoms with Gasteiger partial charge in [0, 0.05) is 39.0 Å². The topological polar surface area (TPSA) is 118 Å². The van der Waals surface area contributed by atoms with Gasteiger partial charge in [0.15, 0.2) is 0 Å². The van der Waals surface area contributed by atoms with Crippen LogP contribution >= 0.6 is 0 Å². The molecule has 1 saturated carbocycles. The van der Waals surface area contributed by atoms with Gasteiger partial charge in [-0.25, -0.2) is 23.1 Å². The lowest BCUT2D eigenvalue weighted by Crippen LogP contribution is -2.38. The zero-order chi connectivity index (χ0) is 27.1. The van der Waals surface area contributed by atoms with Crippen LogP contribution in [-0.4, -0.2) is 77.5 Å². The predicted molar refractivity (Wildman–Crippen MR) is 153 cm³/mol. The van der Waals surface area contributed by atoms with Crippen LogP contribution in [0.5, 0.6) is 0 Å². The first kappa shape index (κ1) is 25.7. The molecule has 40 heavy (non-hydrogen) atoms. The first-order valence-electron chi connectivity index (χ1n) is 14.6. The first-order valence-corrected chi connectivity index (χ1v) is 16.1. The van der Waals surface area contributed by atoms with Crippen molar-refractivity contribution < 1.29 is 13.2 Å². The number of hydrogen-bond acceptors (Lipinski definition) is 9. The maximum Gasteiger partial charge on any atom is 0.235 e. The second-order valence-corrected chi connectivity index (χ2v) is 13.5. The zero-order valence-corrected chi connectivity index (χ0v) is 23.5. The fourth-order valence-corrected chi connectivity index (χ4v) is 7.55. The third-order valence-electron chi connectivity index (χ3n) is 8.54. The van der Waals surface area contributed by atoms with Crippen LogP contribution in [0, 0.1) is 5.92 Å². The fraction of sp³-hybridized carbons (Fsp3) is 0.571. The van der Waals surface area contributed by atoms with Gasteiger partial charge < -0.3 is 14.5 Å². The summed E-state index contributed by atoms with van der Waals surface area (Å²) in [6, 6.07) is 7.53. The standard InChI is InChI=1S/C28H36N8O3S/c37-40(38,23-6-7-23)32-21-5-8-26-27(17-21)34-14-10-22(11-15-34)39-16-2-4-20-3-1-13-35(18-20)28-29-12-9-24(30-28)25-19-36(26)33-31-25/h5,8-9,12,17,19-20,22-23,32H,1-4,6-7,10-11,13-16,18H2. The van der Waals surface area contributed by atoms with E-state index in [9.17, 15) is 8.42 Å². The molecule has 0 spiro atoms. The molecule has 8 bridgehead atoms. The van der Waals surface area contributed by atoms with Gasteiger partial charge in [0.1, 0.15) is 5.69 Å². The Morgan fingerprint density at radius 3 is 2.60 bits per heavy atom. The average molecular weight is 565 g/mol. The monoisotopic (exact) mass is 564 g/mol. The normalized spacial score (nSPS) is 23.6. The second kappa shape index (κ2) is 10.6. The molecular weight excluding hydrogens is 528 g/mol. The highest BCUT2D eigenvalue weighted by molar-refractivity contribution is 7.93. The number of rotatable bonds is 3. The van der Waals surface area contributed by atoms with Gasteiger partial charge >= 0.3 is 0 Å². The van der Waals surface area contributed by atoms with E-state index in [2.05, 4.69) is 29.8 Å². The summed E-state index contributed by atoms with van der Waals surface area (Å²) < 4.78 is 36.2. The molecule has 3 fully saturated rings. The fourth-order valence-electron chi connectivity index (χ4n) is 6.17. The first-order chi connectivity index (χ1) is 19.5. The van der Waals surface area contributed by atoms with E-state index < -0.39 is 10.0 Å². The number of nitrogens with zero attached hydrogens (tertiary/aromatic N) is 7. The van der Waals surface area contributed by atoms with Crippen molar-refractivity contribution in [3.8, 4) is 17.1 Å². The smallest absolute Gasteiger partial charge is 0.235 e. The summed E-state index contributed by atoms with van der Waals surface area (Å²) in [5.74, 6) is 1.36. The van der Waals surface area contributed by atoms with Crippen LogP contribution in [0.25, 0.3) is 17.1 Å². The van der Waals surface area contributed by atoms with Gasteiger partial charge in [0.05, 0.1) is 40.3 Å². The number of benzene rings is 1. The lowest BCUT2D eigenvalue weighted by Gasteiger charge is -2.35. The highest BCUT2D eigenvalue weighted by atomic mass is 32.2. The highest BCUT2D eigenvalue weighted by Gasteiger charge is 2.36. The Morgan fingerprint density at radius 2 is 1.75 bits per heavy atom. The van der Waals surface area contributed by atoms with Crippen LogP contribution in [0.4, 0.5) is 17.3 Å². The Morgan fingerprint density at radius 1 is 0.900 bits per heavy atom. The number of sulfonamides is 1. The van der Waals surface area contributed by atoms with Crippen LogP contribution in [0.1, 0.15) is 51.4 Å². The minimum absolute atomic E-state index is 0.244. The quantitative estimate of drug-likeness (QED) is 0.509. The van der Waals surface area contributed by atoms with E-state index in [1.54, 1.807) is 16.9 Å². The van der Waals surface area contributed by atoms with Crippen molar-refractivity contribution in [3.05, 3.63) is 36.7 Å². The van der Waals surface area contributed by atoms with Gasteiger partial charge in [-0.3, -0.25) is 4.72 Å². The Labute approximate surface area is 235 Å². The average Bonchev–Trinajstić information content (AvgIpc) is 3.74. The molecule has 1 N–H and O–H groups in total. The molecule has 212 valence electrons. The number of fused-ring (bicyclic) bond motifs is 5. The van der Waals surface area contributed by atoms with E-state index in [1.165, 1.54) is 6.42 Å². The maximum absolute atomic E-state index is 12.7. The van der Waals surface area contributed by atoms with Crippen molar-refractivity contribution in [2.45, 2.75) is 62.7 Å². The molecule has 6 heterocycles. The molecule has 1 aliphatic carbocycles. The molecule has 1 unspecified atom stereocenters. The number of nitrogens with one attached hydrogen (secondary N) is 1. The molecule has 1 aromatic carbocycles. The molecule has 2 aromatic heterocycles. The van der Waals surface area contributed by atoms with Crippen molar-refractivity contribution in [1.82, 2.24) is 25.0 Å². The summed E-state index contributed by atoms with van der Waals surface area (Å²) in [6.07, 6.45) is 11.8. The summed E-state index contributed by atoms with van der Waals surface area (Å²) in [5.41, 5.74) is 3.75. The molecule has 2 saturated heterocycles. The van der Waals surface area contributed by atoms with Crippen molar-refractivity contribution in [2.75, 3.05) is 47.3 Å². The maximum atomic E-state index is 12.7. The third kappa shape index (κ3) is 5.38. The number of anilines is 3. The Hall–Kier alpha value is -3.25. The van der Waals surface area contributed by atoms with Crippen molar-refractivity contribution in [1.29, 1.82) is 0 Å². The predicted octanol–water partition coefficient (Wildman–Crippen LogP) is 3.62. The van der Waals surface area contributed by atoms with Crippen LogP contribution in [0.3, 0.4) is 0 Å². The van der Waals surface area contributed by atoms with Gasteiger partial charge in [-0.15, -0.1) is 5.10 Å². The number of ether oxygens (including phenoxy) is 1. The van der Waals surface area contributed by atoms with Crippen molar-refractivity contribution in [3.63, 3.8) is 0 Å². The number of aromatic nitrogens is 5. The molecule has 1 atom stereocenters. The lowest BCUT2D eigenvalue weighted by molar-refractivity contribution is 0.0330. The van der Waals surface area contributed by atoms with Gasteiger partial charge in [-0.05, 0) is 81.5 Å². The molecule has 12 heteroatoms. The van der Waals surface area contributed by atoms with E-state index in [0.717, 1.165) is 101 Å². The van der Waals surface area contributed by atoms with Gasteiger partial charge in [-0.1, -0.05) is 5.21 Å². The molecular formula is C28H36N8O3S. The van der Waals surface area contributed by atoms with E-state index in [1.807, 2.05) is 24.4 Å². The summed E-state index contributed by atoms with van der Waals surface area (Å²) in [7, 11) is -3.37. The van der Waals surface area contributed by atoms with Gasteiger partial charge in [0.2, 0.25) is 16.0 Å². The number of piperidine rings is 2. The zero-order valence-electron chi connectivity index (χ0n) is 22.7.